The third-order valence-electron chi connectivity index (χ3n) is 2.06. The van der Waals surface area contributed by atoms with Gasteiger partial charge < -0.3 is 20.9 Å². The van der Waals surface area contributed by atoms with Crippen molar-refractivity contribution in [3.8, 4) is 0 Å². The van der Waals surface area contributed by atoms with Crippen molar-refractivity contribution >= 4 is 23.3 Å². The summed E-state index contributed by atoms with van der Waals surface area (Å²) in [6.45, 7) is 3.10. The molecule has 0 spiro atoms. The van der Waals surface area contributed by atoms with E-state index < -0.39 is 11.9 Å². The number of esters is 2. The Hall–Kier alpha value is -2.50. The van der Waals surface area contributed by atoms with Crippen LogP contribution < -0.4 is 11.5 Å². The van der Waals surface area contributed by atoms with Crippen LogP contribution in [0.3, 0.4) is 0 Å². The third-order valence-corrected chi connectivity index (χ3v) is 2.06. The molecule has 0 saturated carbocycles. The molecule has 0 unspecified atom stereocenters. The SMILES string of the molecule is C=CC(=O)OCCOC(=O)c1c(N)cccc1N. The summed E-state index contributed by atoms with van der Waals surface area (Å²) in [4.78, 5) is 22.4. The quantitative estimate of drug-likeness (QED) is 0.345. The van der Waals surface area contributed by atoms with Gasteiger partial charge in [0, 0.05) is 17.5 Å². The molecule has 6 nitrogen and oxygen atoms in total. The second kappa shape index (κ2) is 6.29. The largest absolute Gasteiger partial charge is 0.459 e. The van der Waals surface area contributed by atoms with E-state index in [9.17, 15) is 9.59 Å². The molecule has 18 heavy (non-hydrogen) atoms. The molecule has 1 aromatic carbocycles. The fraction of sp³-hybridized carbons (Fsp3) is 0.167. The molecule has 1 rings (SSSR count). The lowest BCUT2D eigenvalue weighted by atomic mass is 10.1. The van der Waals surface area contributed by atoms with E-state index in [-0.39, 0.29) is 30.2 Å². The van der Waals surface area contributed by atoms with Gasteiger partial charge >= 0.3 is 11.9 Å². The summed E-state index contributed by atoms with van der Waals surface area (Å²) in [5.41, 5.74) is 11.8. The van der Waals surface area contributed by atoms with Gasteiger partial charge in [-0.15, -0.1) is 0 Å². The minimum absolute atomic E-state index is 0.0523. The van der Waals surface area contributed by atoms with Crippen LogP contribution in [-0.2, 0) is 14.3 Å². The van der Waals surface area contributed by atoms with Crippen LogP contribution in [0, 0.1) is 0 Å². The molecule has 0 aliphatic rings. The number of carbonyl (C=O) groups is 2. The fourth-order valence-corrected chi connectivity index (χ4v) is 1.23. The first-order chi connectivity index (χ1) is 8.56. The summed E-state index contributed by atoms with van der Waals surface area (Å²) in [5.74, 6) is -1.23. The van der Waals surface area contributed by atoms with Crippen molar-refractivity contribution in [1.29, 1.82) is 0 Å². The number of hydrogen-bond acceptors (Lipinski definition) is 6. The monoisotopic (exact) mass is 250 g/mol. The van der Waals surface area contributed by atoms with Gasteiger partial charge in [-0.1, -0.05) is 12.6 Å². The first-order valence-electron chi connectivity index (χ1n) is 5.16. The van der Waals surface area contributed by atoms with Crippen molar-refractivity contribution in [1.82, 2.24) is 0 Å². The van der Waals surface area contributed by atoms with Gasteiger partial charge in [0.2, 0.25) is 0 Å². The molecular weight excluding hydrogens is 236 g/mol. The Morgan fingerprint density at radius 1 is 1.17 bits per heavy atom. The highest BCUT2D eigenvalue weighted by atomic mass is 16.6. The molecule has 0 amide bonds. The number of hydrogen-bond donors (Lipinski definition) is 2. The minimum Gasteiger partial charge on any atom is -0.459 e. The molecule has 0 bridgehead atoms. The lowest BCUT2D eigenvalue weighted by Crippen LogP contribution is -2.15. The molecule has 96 valence electrons. The van der Waals surface area contributed by atoms with Crippen LogP contribution in [0.5, 0.6) is 0 Å². The van der Waals surface area contributed by atoms with E-state index >= 15 is 0 Å². The summed E-state index contributed by atoms with van der Waals surface area (Å²) in [7, 11) is 0. The Morgan fingerprint density at radius 2 is 1.72 bits per heavy atom. The zero-order valence-corrected chi connectivity index (χ0v) is 9.72. The van der Waals surface area contributed by atoms with Gasteiger partial charge in [-0.2, -0.15) is 0 Å². The highest BCUT2D eigenvalue weighted by molar-refractivity contribution is 6.00. The Balaban J connectivity index is 2.51. The molecule has 0 atom stereocenters. The van der Waals surface area contributed by atoms with Gasteiger partial charge in [0.05, 0.1) is 0 Å². The van der Waals surface area contributed by atoms with Crippen molar-refractivity contribution in [3.63, 3.8) is 0 Å². The molecule has 0 saturated heterocycles. The van der Waals surface area contributed by atoms with Crippen LogP contribution in [0.2, 0.25) is 0 Å². The average molecular weight is 250 g/mol. The van der Waals surface area contributed by atoms with E-state index in [1.807, 2.05) is 0 Å². The summed E-state index contributed by atoms with van der Waals surface area (Å²) in [6.07, 6.45) is 1.02. The average Bonchev–Trinajstić information content (AvgIpc) is 2.34. The molecule has 6 heteroatoms. The fourth-order valence-electron chi connectivity index (χ4n) is 1.23. The standard InChI is InChI=1S/C12H14N2O4/c1-2-10(15)17-6-7-18-12(16)11-8(13)4-3-5-9(11)14/h2-5H,1,6-7,13-14H2. The molecule has 0 fully saturated rings. The molecule has 0 heterocycles. The van der Waals surface area contributed by atoms with Crippen molar-refractivity contribution in [2.75, 3.05) is 24.7 Å². The lowest BCUT2D eigenvalue weighted by Gasteiger charge is -2.09. The second-order valence-electron chi connectivity index (χ2n) is 3.32. The molecule has 0 aromatic heterocycles. The van der Waals surface area contributed by atoms with Crippen LogP contribution in [-0.4, -0.2) is 25.2 Å². The number of ether oxygens (including phenoxy) is 2. The van der Waals surface area contributed by atoms with Crippen molar-refractivity contribution in [2.45, 2.75) is 0 Å². The number of anilines is 2. The third kappa shape index (κ3) is 3.51. The Kier molecular flexibility index (Phi) is 4.74. The summed E-state index contributed by atoms with van der Waals surface area (Å²) in [6, 6.07) is 4.72. The van der Waals surface area contributed by atoms with E-state index in [0.29, 0.717) is 0 Å². The van der Waals surface area contributed by atoms with Gasteiger partial charge in [-0.05, 0) is 12.1 Å². The second-order valence-corrected chi connectivity index (χ2v) is 3.32. The van der Waals surface area contributed by atoms with Crippen LogP contribution >= 0.6 is 0 Å². The van der Waals surface area contributed by atoms with Crippen LogP contribution in [0.15, 0.2) is 30.9 Å². The van der Waals surface area contributed by atoms with E-state index in [4.69, 9.17) is 16.2 Å². The Morgan fingerprint density at radius 3 is 2.28 bits per heavy atom. The first-order valence-corrected chi connectivity index (χ1v) is 5.16. The Labute approximate surface area is 104 Å². The summed E-state index contributed by atoms with van der Waals surface area (Å²) < 4.78 is 9.52. The van der Waals surface area contributed by atoms with Gasteiger partial charge in [-0.25, -0.2) is 9.59 Å². The molecule has 0 radical (unpaired) electrons. The van der Waals surface area contributed by atoms with Gasteiger partial charge in [-0.3, -0.25) is 0 Å². The lowest BCUT2D eigenvalue weighted by molar-refractivity contribution is -0.138. The predicted octanol–water partition coefficient (Wildman–Crippen LogP) is 0.737. The summed E-state index contributed by atoms with van der Waals surface area (Å²) >= 11 is 0. The number of carbonyl (C=O) groups excluding carboxylic acids is 2. The van der Waals surface area contributed by atoms with Crippen molar-refractivity contribution < 1.29 is 19.1 Å². The van der Waals surface area contributed by atoms with E-state index in [0.717, 1.165) is 6.08 Å². The van der Waals surface area contributed by atoms with E-state index in [2.05, 4.69) is 11.3 Å². The van der Waals surface area contributed by atoms with Crippen LogP contribution in [0.25, 0.3) is 0 Å². The van der Waals surface area contributed by atoms with Crippen LogP contribution in [0.4, 0.5) is 11.4 Å². The maximum absolute atomic E-state index is 11.7. The minimum atomic E-state index is -0.653. The Bertz CT molecular complexity index is 451. The highest BCUT2D eigenvalue weighted by Crippen LogP contribution is 2.19. The molecule has 0 aliphatic carbocycles. The molecule has 4 N–H and O–H groups in total. The predicted molar refractivity (Wildman–Crippen MR) is 66.7 cm³/mol. The zero-order chi connectivity index (χ0) is 13.5. The maximum Gasteiger partial charge on any atom is 0.342 e. The topological polar surface area (TPSA) is 105 Å². The normalized spacial score (nSPS) is 9.56. The molecule has 1 aromatic rings. The summed E-state index contributed by atoms with van der Waals surface area (Å²) in [5, 5.41) is 0. The van der Waals surface area contributed by atoms with Gasteiger partial charge in [0.15, 0.2) is 0 Å². The van der Waals surface area contributed by atoms with Crippen molar-refractivity contribution in [2.24, 2.45) is 0 Å². The number of rotatable bonds is 5. The smallest absolute Gasteiger partial charge is 0.342 e. The molecular formula is C12H14N2O4. The van der Waals surface area contributed by atoms with E-state index in [1.54, 1.807) is 18.2 Å². The van der Waals surface area contributed by atoms with E-state index in [1.165, 1.54) is 0 Å². The number of nitrogen functional groups attached to an aromatic ring is 2. The number of nitrogens with two attached hydrogens (primary N) is 2. The molecule has 0 aliphatic heterocycles. The first kappa shape index (κ1) is 13.6. The van der Waals surface area contributed by atoms with Gasteiger partial charge in [0.25, 0.3) is 0 Å². The van der Waals surface area contributed by atoms with Crippen LogP contribution in [0.1, 0.15) is 10.4 Å². The number of benzene rings is 1. The zero-order valence-electron chi connectivity index (χ0n) is 9.72. The highest BCUT2D eigenvalue weighted by Gasteiger charge is 2.14. The maximum atomic E-state index is 11.7. The van der Waals surface area contributed by atoms with Gasteiger partial charge in [0.1, 0.15) is 18.8 Å². The van der Waals surface area contributed by atoms with Crippen molar-refractivity contribution in [3.05, 3.63) is 36.4 Å².